The highest BCUT2D eigenvalue weighted by atomic mass is 32.2. The van der Waals surface area contributed by atoms with Gasteiger partial charge in [-0.05, 0) is 64.9 Å². The Balaban J connectivity index is 1.26. The topological polar surface area (TPSA) is 118 Å². The number of aliphatic hydroxyl groups is 1. The van der Waals surface area contributed by atoms with Gasteiger partial charge in [0.2, 0.25) is 5.91 Å². The number of hydrogen-bond donors (Lipinski definition) is 3. The Morgan fingerprint density at radius 1 is 0.826 bits per heavy atom. The first-order chi connectivity index (χ1) is 22.5. The van der Waals surface area contributed by atoms with Crippen LogP contribution in [-0.4, -0.2) is 38.9 Å². The Morgan fingerprint density at radius 3 is 2.37 bits per heavy atom. The van der Waals surface area contributed by atoms with Crippen molar-refractivity contribution in [2.75, 3.05) is 5.75 Å². The lowest BCUT2D eigenvalue weighted by Crippen LogP contribution is -2.31. The molecule has 1 amide bonds. The van der Waals surface area contributed by atoms with E-state index in [4.69, 9.17) is 14.6 Å². The molecule has 0 saturated carbocycles. The third kappa shape index (κ3) is 9.99. The molecule has 240 valence electrons. The molecule has 1 aromatic heterocycles. The highest BCUT2D eigenvalue weighted by Gasteiger charge is 2.32. The van der Waals surface area contributed by atoms with Crippen LogP contribution in [0.3, 0.4) is 0 Å². The van der Waals surface area contributed by atoms with E-state index in [1.54, 1.807) is 18.0 Å². The van der Waals surface area contributed by atoms with Gasteiger partial charge in [-0.25, -0.2) is 4.98 Å². The second-order valence-electron chi connectivity index (χ2n) is 11.4. The third-order valence-electron chi connectivity index (χ3n) is 7.87. The largest absolute Gasteiger partial charge is 0.481 e. The number of carbonyl (C=O) groups is 2. The van der Waals surface area contributed by atoms with Crippen LogP contribution in [0.25, 0.3) is 11.1 Å². The highest BCUT2D eigenvalue weighted by molar-refractivity contribution is 7.99. The maximum atomic E-state index is 12.3. The van der Waals surface area contributed by atoms with Gasteiger partial charge in [-0.3, -0.25) is 9.59 Å². The summed E-state index contributed by atoms with van der Waals surface area (Å²) in [5, 5.41) is 22.2. The molecule has 0 aliphatic carbocycles. The SMILES string of the molecule is O=C(O)CCCCCC(=O)NCc1cccc(-c2cccc(C3OC(CSc4ccccn4)CC(c4ccc(CO)cc4)O3)c2)c1. The van der Waals surface area contributed by atoms with Crippen LogP contribution in [-0.2, 0) is 32.2 Å². The maximum Gasteiger partial charge on any atom is 0.303 e. The second kappa shape index (κ2) is 17.1. The van der Waals surface area contributed by atoms with Crippen molar-refractivity contribution in [3.8, 4) is 11.1 Å². The van der Waals surface area contributed by atoms with Crippen LogP contribution in [0.15, 0.2) is 102 Å². The van der Waals surface area contributed by atoms with Gasteiger partial charge in [0.25, 0.3) is 0 Å². The molecule has 1 aliphatic rings. The number of amides is 1. The zero-order valence-corrected chi connectivity index (χ0v) is 26.5. The Morgan fingerprint density at radius 2 is 1.61 bits per heavy atom. The Labute approximate surface area is 274 Å². The minimum Gasteiger partial charge on any atom is -0.481 e. The van der Waals surface area contributed by atoms with Gasteiger partial charge in [-0.15, -0.1) is 11.8 Å². The first kappa shape index (κ1) is 33.3. The average molecular weight is 641 g/mol. The van der Waals surface area contributed by atoms with Gasteiger partial charge < -0.3 is 25.0 Å². The fourth-order valence-electron chi connectivity index (χ4n) is 5.39. The van der Waals surface area contributed by atoms with Crippen molar-refractivity contribution in [2.45, 2.75) is 75.2 Å². The van der Waals surface area contributed by atoms with Crippen LogP contribution in [0.1, 0.15) is 73.2 Å². The molecule has 3 aromatic carbocycles. The number of nitrogens with zero attached hydrogens (tertiary/aromatic N) is 1. The van der Waals surface area contributed by atoms with Crippen molar-refractivity contribution >= 4 is 23.6 Å². The lowest BCUT2D eigenvalue weighted by atomic mass is 9.99. The highest BCUT2D eigenvalue weighted by Crippen LogP contribution is 2.40. The lowest BCUT2D eigenvalue weighted by Gasteiger charge is -2.36. The van der Waals surface area contributed by atoms with Gasteiger partial charge in [0.1, 0.15) is 0 Å². The van der Waals surface area contributed by atoms with E-state index in [-0.39, 0.29) is 31.1 Å². The van der Waals surface area contributed by atoms with Gasteiger partial charge in [-0.1, -0.05) is 73.2 Å². The number of nitrogens with one attached hydrogen (secondary N) is 1. The van der Waals surface area contributed by atoms with Gasteiger partial charge >= 0.3 is 5.97 Å². The van der Waals surface area contributed by atoms with Crippen molar-refractivity contribution in [3.63, 3.8) is 0 Å². The molecule has 0 spiro atoms. The summed E-state index contributed by atoms with van der Waals surface area (Å²) >= 11 is 1.67. The maximum absolute atomic E-state index is 12.3. The van der Waals surface area contributed by atoms with E-state index < -0.39 is 12.3 Å². The Bertz CT molecular complexity index is 1570. The predicted molar refractivity (Wildman–Crippen MR) is 178 cm³/mol. The summed E-state index contributed by atoms with van der Waals surface area (Å²) in [6, 6.07) is 30.1. The van der Waals surface area contributed by atoms with Crippen molar-refractivity contribution in [3.05, 3.63) is 119 Å². The molecule has 2 heterocycles. The number of carboxylic acids is 1. The summed E-state index contributed by atoms with van der Waals surface area (Å²) in [5.41, 5.74) is 5.86. The van der Waals surface area contributed by atoms with Crippen LogP contribution in [0.2, 0.25) is 0 Å². The zero-order valence-electron chi connectivity index (χ0n) is 25.7. The fraction of sp³-hybridized carbons (Fsp3) is 0.324. The summed E-state index contributed by atoms with van der Waals surface area (Å²) in [6.07, 6.45) is 4.20. The van der Waals surface area contributed by atoms with E-state index in [0.717, 1.165) is 50.6 Å². The van der Waals surface area contributed by atoms with E-state index in [9.17, 15) is 14.7 Å². The van der Waals surface area contributed by atoms with Gasteiger partial charge in [0.15, 0.2) is 6.29 Å². The van der Waals surface area contributed by atoms with E-state index in [0.29, 0.717) is 32.2 Å². The standard InChI is InChI=1S/C37H40N2O6S/c40-24-26-15-17-28(18-16-26)33-22-32(25-46-35-13-4-5-19-38-35)44-37(45-33)31-11-7-10-30(21-31)29-9-6-8-27(20-29)23-39-34(41)12-2-1-3-14-36(42)43/h4-11,13,15-21,32-33,37,40H,1-3,12,14,22-25H2,(H,39,41)(H,42,43). The molecule has 8 nitrogen and oxygen atoms in total. The predicted octanol–water partition coefficient (Wildman–Crippen LogP) is 7.23. The first-order valence-electron chi connectivity index (χ1n) is 15.7. The Hall–Kier alpha value is -4.02. The summed E-state index contributed by atoms with van der Waals surface area (Å²) in [4.78, 5) is 27.4. The number of unbranched alkanes of at least 4 members (excludes halogenated alkanes) is 2. The fourth-order valence-corrected chi connectivity index (χ4v) is 6.27. The van der Waals surface area contributed by atoms with E-state index in [1.165, 1.54) is 0 Å². The molecule has 3 unspecified atom stereocenters. The monoisotopic (exact) mass is 640 g/mol. The molecule has 0 bridgehead atoms. The van der Waals surface area contributed by atoms with Gasteiger partial charge in [0, 0.05) is 43.3 Å². The number of benzene rings is 3. The van der Waals surface area contributed by atoms with Crippen molar-refractivity contribution in [1.82, 2.24) is 10.3 Å². The van der Waals surface area contributed by atoms with Crippen molar-refractivity contribution in [2.24, 2.45) is 0 Å². The Kier molecular flexibility index (Phi) is 12.4. The minimum atomic E-state index is -0.803. The molecular formula is C37H40N2O6S. The van der Waals surface area contributed by atoms with Crippen LogP contribution < -0.4 is 5.32 Å². The van der Waals surface area contributed by atoms with Crippen LogP contribution in [0.4, 0.5) is 0 Å². The normalized spacial score (nSPS) is 17.8. The third-order valence-corrected chi connectivity index (χ3v) is 8.95. The second-order valence-corrected chi connectivity index (χ2v) is 12.4. The summed E-state index contributed by atoms with van der Waals surface area (Å²) < 4.78 is 13.1. The average Bonchev–Trinajstić information content (AvgIpc) is 3.10. The number of pyridine rings is 1. The number of rotatable bonds is 15. The van der Waals surface area contributed by atoms with E-state index in [1.807, 2.05) is 72.8 Å². The van der Waals surface area contributed by atoms with Crippen molar-refractivity contribution < 1.29 is 29.3 Å². The lowest BCUT2D eigenvalue weighted by molar-refractivity contribution is -0.245. The molecule has 3 atom stereocenters. The molecule has 1 fully saturated rings. The molecule has 1 aliphatic heterocycles. The van der Waals surface area contributed by atoms with Gasteiger partial charge in [0.05, 0.1) is 23.8 Å². The van der Waals surface area contributed by atoms with E-state index >= 15 is 0 Å². The number of aliphatic carboxylic acids is 1. The number of aliphatic hydroxyl groups excluding tert-OH is 1. The molecule has 0 radical (unpaired) electrons. The minimum absolute atomic E-state index is 0.00255. The van der Waals surface area contributed by atoms with Gasteiger partial charge in [-0.2, -0.15) is 0 Å². The number of ether oxygens (including phenoxy) is 2. The van der Waals surface area contributed by atoms with Crippen LogP contribution in [0.5, 0.6) is 0 Å². The number of carbonyl (C=O) groups excluding carboxylic acids is 1. The van der Waals surface area contributed by atoms with Crippen LogP contribution in [0, 0.1) is 0 Å². The molecule has 5 rings (SSSR count). The summed E-state index contributed by atoms with van der Waals surface area (Å²) in [7, 11) is 0. The van der Waals surface area contributed by atoms with E-state index in [2.05, 4.69) is 28.5 Å². The first-order valence-corrected chi connectivity index (χ1v) is 16.7. The zero-order chi connectivity index (χ0) is 32.1. The van der Waals surface area contributed by atoms with Crippen molar-refractivity contribution in [1.29, 1.82) is 0 Å². The quantitative estimate of drug-likeness (QED) is 0.0920. The summed E-state index contributed by atoms with van der Waals surface area (Å²) in [6.45, 7) is 0.417. The number of hydrogen-bond acceptors (Lipinski definition) is 7. The molecule has 46 heavy (non-hydrogen) atoms. The summed E-state index contributed by atoms with van der Waals surface area (Å²) in [5.74, 6) is -0.105. The smallest absolute Gasteiger partial charge is 0.303 e. The molecule has 3 N–H and O–H groups in total. The molecular weight excluding hydrogens is 600 g/mol. The molecule has 4 aromatic rings. The number of thioether (sulfide) groups is 1. The van der Waals surface area contributed by atoms with Crippen LogP contribution >= 0.6 is 11.8 Å². The number of aromatic nitrogens is 1. The molecule has 1 saturated heterocycles. The number of carboxylic acid groups (broad SMARTS) is 1. The molecule has 9 heteroatoms.